The van der Waals surface area contributed by atoms with Crippen molar-refractivity contribution in [2.45, 2.75) is 58.5 Å². The first kappa shape index (κ1) is 16.6. The lowest BCUT2D eigenvalue weighted by molar-refractivity contribution is 0.280. The number of aliphatic hydroxyl groups excluding tert-OH is 1. The van der Waals surface area contributed by atoms with Gasteiger partial charge >= 0.3 is 0 Å². The molecule has 0 aromatic heterocycles. The third-order valence-corrected chi connectivity index (χ3v) is 2.40. The largest absolute Gasteiger partial charge is 0.377 e. The lowest BCUT2D eigenvalue weighted by atomic mass is 10.1. The van der Waals surface area contributed by atoms with E-state index in [-0.39, 0.29) is 0 Å². The quantitative estimate of drug-likeness (QED) is 0.410. The molecule has 0 aromatic rings. The summed E-state index contributed by atoms with van der Waals surface area (Å²) in [5.41, 5.74) is 0. The van der Waals surface area contributed by atoms with Crippen LogP contribution in [0, 0.1) is 23.7 Å². The van der Waals surface area contributed by atoms with Gasteiger partial charge in [0.1, 0.15) is 6.10 Å². The van der Waals surface area contributed by atoms with Crippen LogP contribution in [-0.4, -0.2) is 11.2 Å². The van der Waals surface area contributed by atoms with E-state index in [2.05, 4.69) is 30.6 Å². The summed E-state index contributed by atoms with van der Waals surface area (Å²) in [6, 6.07) is 0. The molecule has 0 fully saturated rings. The van der Waals surface area contributed by atoms with Crippen LogP contribution in [0.2, 0.25) is 0 Å². The molecule has 0 aromatic carbocycles. The van der Waals surface area contributed by atoms with E-state index in [4.69, 9.17) is 0 Å². The monoisotopic (exact) mass is 244 g/mol. The molecule has 0 amide bonds. The molecule has 0 aliphatic carbocycles. The van der Waals surface area contributed by atoms with E-state index in [9.17, 15) is 5.11 Å². The van der Waals surface area contributed by atoms with Crippen molar-refractivity contribution in [3.8, 4) is 23.7 Å². The lowest BCUT2D eigenvalue weighted by Gasteiger charge is -1.96. The molecule has 1 N–H and O–H groups in total. The van der Waals surface area contributed by atoms with Crippen molar-refractivity contribution in [2.24, 2.45) is 0 Å². The van der Waals surface area contributed by atoms with Gasteiger partial charge in [0, 0.05) is 0 Å². The highest BCUT2D eigenvalue weighted by atomic mass is 16.3. The minimum absolute atomic E-state index is 0.694. The molecule has 0 radical (unpaired) electrons. The van der Waals surface area contributed by atoms with E-state index in [1.54, 1.807) is 12.2 Å². The summed E-state index contributed by atoms with van der Waals surface area (Å²) >= 11 is 0. The van der Waals surface area contributed by atoms with Gasteiger partial charge in [-0.3, -0.25) is 0 Å². The maximum absolute atomic E-state index is 9.50. The summed E-state index contributed by atoms with van der Waals surface area (Å²) < 4.78 is 0. The summed E-state index contributed by atoms with van der Waals surface area (Å²) in [7, 11) is 0. The first-order valence-corrected chi connectivity index (χ1v) is 6.78. The number of allylic oxidation sites excluding steroid dienone is 3. The van der Waals surface area contributed by atoms with Crippen LogP contribution in [0.15, 0.2) is 24.3 Å². The third kappa shape index (κ3) is 12.6. The average Bonchev–Trinajstić information content (AvgIpc) is 2.37. The van der Waals surface area contributed by atoms with E-state index in [0.29, 0.717) is 0 Å². The summed E-state index contributed by atoms with van der Waals surface area (Å²) in [4.78, 5) is 0. The van der Waals surface area contributed by atoms with Crippen molar-refractivity contribution in [3.63, 3.8) is 0 Å². The van der Waals surface area contributed by atoms with Crippen molar-refractivity contribution in [3.05, 3.63) is 24.3 Å². The number of aliphatic hydroxyl groups is 1. The predicted octanol–water partition coefficient (Wildman–Crippen LogP) is 3.85. The number of unbranched alkanes of at least 4 members (excludes halogenated alkanes) is 5. The van der Waals surface area contributed by atoms with Gasteiger partial charge in [0.2, 0.25) is 0 Å². The Hall–Kier alpha value is -1.44. The van der Waals surface area contributed by atoms with Crippen LogP contribution >= 0.6 is 0 Å². The molecule has 0 rings (SSSR count). The molecule has 98 valence electrons. The molecule has 1 nitrogen and oxygen atoms in total. The summed E-state index contributed by atoms with van der Waals surface area (Å²) in [5.74, 6) is 10.7. The van der Waals surface area contributed by atoms with Gasteiger partial charge in [0.25, 0.3) is 0 Å². The van der Waals surface area contributed by atoms with Gasteiger partial charge in [0.15, 0.2) is 0 Å². The van der Waals surface area contributed by atoms with Gasteiger partial charge in [-0.25, -0.2) is 0 Å². The van der Waals surface area contributed by atoms with Crippen LogP contribution in [0.5, 0.6) is 0 Å². The zero-order chi connectivity index (χ0) is 13.5. The summed E-state index contributed by atoms with van der Waals surface area (Å²) in [6.45, 7) is 4.12. The van der Waals surface area contributed by atoms with Gasteiger partial charge in [-0.2, -0.15) is 0 Å². The normalized spacial score (nSPS) is 11.9. The van der Waals surface area contributed by atoms with E-state index in [0.717, 1.165) is 6.42 Å². The van der Waals surface area contributed by atoms with E-state index >= 15 is 0 Å². The predicted molar refractivity (Wildman–Crippen MR) is 78.9 cm³/mol. The van der Waals surface area contributed by atoms with Crippen molar-refractivity contribution in [1.29, 1.82) is 0 Å². The molecule has 1 unspecified atom stereocenters. The second-order valence-electron chi connectivity index (χ2n) is 4.11. The fourth-order valence-electron chi connectivity index (χ4n) is 1.41. The van der Waals surface area contributed by atoms with E-state index in [1.807, 2.05) is 19.1 Å². The molecule has 1 heteroatoms. The SMILES string of the molecule is C/C=C/C#CC#CC(O)/C=C\CCCCCCC. The Morgan fingerprint density at radius 3 is 2.61 bits per heavy atom. The highest BCUT2D eigenvalue weighted by molar-refractivity contribution is 5.32. The molecule has 0 saturated heterocycles. The van der Waals surface area contributed by atoms with Crippen LogP contribution in [0.3, 0.4) is 0 Å². The fourth-order valence-corrected chi connectivity index (χ4v) is 1.41. The zero-order valence-corrected chi connectivity index (χ0v) is 11.6. The van der Waals surface area contributed by atoms with Crippen molar-refractivity contribution < 1.29 is 5.11 Å². The zero-order valence-electron chi connectivity index (χ0n) is 11.6. The van der Waals surface area contributed by atoms with Gasteiger partial charge < -0.3 is 5.11 Å². The molecular formula is C17H24O. The van der Waals surface area contributed by atoms with Crippen LogP contribution in [0.1, 0.15) is 52.4 Å². The lowest BCUT2D eigenvalue weighted by Crippen LogP contribution is -1.96. The Kier molecular flexibility index (Phi) is 12.5. The molecule has 0 heterocycles. The second-order valence-corrected chi connectivity index (χ2v) is 4.11. The minimum Gasteiger partial charge on any atom is -0.377 e. The molecule has 0 aliphatic heterocycles. The van der Waals surface area contributed by atoms with E-state index < -0.39 is 6.10 Å². The third-order valence-electron chi connectivity index (χ3n) is 2.40. The minimum atomic E-state index is -0.694. The highest BCUT2D eigenvalue weighted by Gasteiger charge is 1.90. The Balaban J connectivity index is 3.68. The second kappa shape index (κ2) is 13.6. The Morgan fingerprint density at radius 1 is 1.11 bits per heavy atom. The average molecular weight is 244 g/mol. The van der Waals surface area contributed by atoms with Crippen molar-refractivity contribution >= 4 is 0 Å². The van der Waals surface area contributed by atoms with Gasteiger partial charge in [-0.15, -0.1) is 0 Å². The number of rotatable bonds is 7. The first-order chi connectivity index (χ1) is 8.81. The maximum atomic E-state index is 9.50. The Bertz CT molecular complexity index is 355. The Labute approximate surface area is 112 Å². The standard InChI is InChI=1S/C17H24O/c1-3-5-7-9-10-12-14-16-17(18)15-13-11-8-6-4-2/h4,6,14,16-18H,3,5,7,9-10,12H2,1-2H3/b6-4+,16-14-. The fraction of sp³-hybridized carbons (Fsp3) is 0.529. The van der Waals surface area contributed by atoms with Gasteiger partial charge in [0.05, 0.1) is 0 Å². The number of hydrogen-bond acceptors (Lipinski definition) is 1. The number of hydrogen-bond donors (Lipinski definition) is 1. The summed E-state index contributed by atoms with van der Waals surface area (Å²) in [6.07, 6.45) is 14.0. The highest BCUT2D eigenvalue weighted by Crippen LogP contribution is 2.05. The van der Waals surface area contributed by atoms with Crippen LogP contribution in [0.25, 0.3) is 0 Å². The summed E-state index contributed by atoms with van der Waals surface area (Å²) in [5, 5.41) is 9.50. The molecule has 0 aliphatic rings. The van der Waals surface area contributed by atoms with E-state index in [1.165, 1.54) is 32.1 Å². The molecule has 0 bridgehead atoms. The van der Waals surface area contributed by atoms with Crippen LogP contribution in [-0.2, 0) is 0 Å². The van der Waals surface area contributed by atoms with Gasteiger partial charge in [-0.1, -0.05) is 56.6 Å². The molecule has 0 spiro atoms. The first-order valence-electron chi connectivity index (χ1n) is 6.78. The molecular weight excluding hydrogens is 220 g/mol. The maximum Gasteiger partial charge on any atom is 0.134 e. The molecule has 0 saturated carbocycles. The van der Waals surface area contributed by atoms with Gasteiger partial charge in [-0.05, 0) is 43.8 Å². The Morgan fingerprint density at radius 2 is 1.89 bits per heavy atom. The van der Waals surface area contributed by atoms with Crippen LogP contribution < -0.4 is 0 Å². The van der Waals surface area contributed by atoms with Crippen molar-refractivity contribution in [1.82, 2.24) is 0 Å². The van der Waals surface area contributed by atoms with Crippen molar-refractivity contribution in [2.75, 3.05) is 0 Å². The topological polar surface area (TPSA) is 20.2 Å². The molecule has 18 heavy (non-hydrogen) atoms. The molecule has 1 atom stereocenters. The smallest absolute Gasteiger partial charge is 0.134 e. The van der Waals surface area contributed by atoms with Crippen LogP contribution in [0.4, 0.5) is 0 Å².